The molecule has 1 N–H and O–H groups in total. The fourth-order valence-electron chi connectivity index (χ4n) is 4.70. The molecule has 4 rings (SSSR count). The van der Waals surface area contributed by atoms with Crippen molar-refractivity contribution in [1.82, 2.24) is 0 Å². The van der Waals surface area contributed by atoms with Crippen molar-refractivity contribution in [2.24, 2.45) is 0 Å². The Morgan fingerprint density at radius 3 is 1.53 bits per heavy atom. The molecule has 1 aliphatic heterocycles. The van der Waals surface area contributed by atoms with E-state index in [1.54, 1.807) is 0 Å². The van der Waals surface area contributed by atoms with Crippen molar-refractivity contribution < 1.29 is 0 Å². The lowest BCUT2D eigenvalue weighted by Gasteiger charge is -2.33. The summed E-state index contributed by atoms with van der Waals surface area (Å²) in [5, 5.41) is 3.77. The highest BCUT2D eigenvalue weighted by molar-refractivity contribution is 5.80. The van der Waals surface area contributed by atoms with Crippen molar-refractivity contribution in [3.63, 3.8) is 0 Å². The molecule has 0 bridgehead atoms. The Hall–Kier alpha value is -2.94. The summed E-state index contributed by atoms with van der Waals surface area (Å²) in [6.07, 6.45) is 0. The second-order valence-corrected chi connectivity index (χ2v) is 7.86. The molecule has 3 nitrogen and oxygen atoms in total. The lowest BCUT2D eigenvalue weighted by molar-refractivity contribution is 0.861. The molecular weight excluding hydrogens is 366 g/mol. The van der Waals surface area contributed by atoms with Gasteiger partial charge < -0.3 is 15.1 Å². The molecule has 0 radical (unpaired) electrons. The van der Waals surface area contributed by atoms with Gasteiger partial charge in [0.1, 0.15) is 0 Å². The number of nitrogens with zero attached hydrogens (tertiary/aromatic N) is 2. The van der Waals surface area contributed by atoms with Gasteiger partial charge in [-0.2, -0.15) is 0 Å². The van der Waals surface area contributed by atoms with Crippen LogP contribution in [0.4, 0.5) is 22.7 Å². The average molecular weight is 400 g/mol. The van der Waals surface area contributed by atoms with Crippen LogP contribution >= 0.6 is 0 Å². The highest BCUT2D eigenvalue weighted by atomic mass is 15.1. The molecule has 0 aliphatic carbocycles. The van der Waals surface area contributed by atoms with Crippen LogP contribution in [0.25, 0.3) is 0 Å². The van der Waals surface area contributed by atoms with E-state index < -0.39 is 0 Å². The van der Waals surface area contributed by atoms with Gasteiger partial charge in [0, 0.05) is 54.8 Å². The minimum Gasteiger partial charge on any atom is -0.372 e. The largest absolute Gasteiger partial charge is 0.372 e. The average Bonchev–Trinajstić information content (AvgIpc) is 2.79. The zero-order valence-corrected chi connectivity index (χ0v) is 18.7. The Bertz CT molecular complexity index is 927. The van der Waals surface area contributed by atoms with Crippen molar-refractivity contribution in [1.29, 1.82) is 0 Å². The van der Waals surface area contributed by atoms with Gasteiger partial charge >= 0.3 is 0 Å². The quantitative estimate of drug-likeness (QED) is 0.377. The van der Waals surface area contributed by atoms with Crippen LogP contribution in [0.3, 0.4) is 0 Å². The molecule has 156 valence electrons. The molecule has 30 heavy (non-hydrogen) atoms. The van der Waals surface area contributed by atoms with E-state index >= 15 is 0 Å². The molecule has 0 spiro atoms. The van der Waals surface area contributed by atoms with Crippen LogP contribution in [-0.4, -0.2) is 26.2 Å². The Balaban J connectivity index is 1.85. The molecule has 1 aliphatic rings. The van der Waals surface area contributed by atoms with Crippen molar-refractivity contribution in [2.45, 2.75) is 33.6 Å². The molecule has 3 aromatic rings. The number of rotatable bonds is 7. The second-order valence-electron chi connectivity index (χ2n) is 7.86. The van der Waals surface area contributed by atoms with E-state index in [1.165, 1.54) is 39.4 Å². The SMILES string of the molecule is CCN(CC)c1ccc2c(c1)Nc1cc(N(CC)CC)ccc1C2c1ccccc1. The summed E-state index contributed by atoms with van der Waals surface area (Å²) in [6.45, 7) is 12.9. The predicted molar refractivity (Wildman–Crippen MR) is 131 cm³/mol. The molecule has 1 heterocycles. The maximum Gasteiger partial charge on any atom is 0.0447 e. The Labute approximate surface area is 181 Å². The van der Waals surface area contributed by atoms with E-state index in [4.69, 9.17) is 0 Å². The van der Waals surface area contributed by atoms with E-state index in [-0.39, 0.29) is 5.92 Å². The van der Waals surface area contributed by atoms with Gasteiger partial charge in [-0.1, -0.05) is 42.5 Å². The van der Waals surface area contributed by atoms with Gasteiger partial charge in [-0.25, -0.2) is 0 Å². The van der Waals surface area contributed by atoms with Crippen LogP contribution in [-0.2, 0) is 0 Å². The highest BCUT2D eigenvalue weighted by Gasteiger charge is 2.28. The molecule has 3 aromatic carbocycles. The van der Waals surface area contributed by atoms with E-state index in [0.717, 1.165) is 26.2 Å². The molecule has 0 amide bonds. The van der Waals surface area contributed by atoms with Crippen LogP contribution in [0, 0.1) is 0 Å². The fraction of sp³-hybridized carbons (Fsp3) is 0.333. The lowest BCUT2D eigenvalue weighted by Crippen LogP contribution is -2.23. The summed E-state index contributed by atoms with van der Waals surface area (Å²) in [7, 11) is 0. The summed E-state index contributed by atoms with van der Waals surface area (Å²) in [5.41, 5.74) is 9.03. The van der Waals surface area contributed by atoms with Gasteiger partial charge in [-0.3, -0.25) is 0 Å². The van der Waals surface area contributed by atoms with Crippen LogP contribution < -0.4 is 15.1 Å². The van der Waals surface area contributed by atoms with Crippen LogP contribution in [0.2, 0.25) is 0 Å². The van der Waals surface area contributed by atoms with Crippen molar-refractivity contribution in [3.8, 4) is 0 Å². The predicted octanol–water partition coefficient (Wildman–Crippen LogP) is 6.62. The van der Waals surface area contributed by atoms with Crippen molar-refractivity contribution in [2.75, 3.05) is 41.3 Å². The van der Waals surface area contributed by atoms with Crippen LogP contribution in [0.1, 0.15) is 50.3 Å². The standard InChI is InChI=1S/C27H33N3/c1-5-29(6-2)21-14-16-23-25(18-21)28-26-19-22(30(7-3)8-4)15-17-24(26)27(23)20-12-10-9-11-13-20/h9-19,27-28H,5-8H2,1-4H3. The van der Waals surface area contributed by atoms with Gasteiger partial charge in [0.05, 0.1) is 0 Å². The van der Waals surface area contributed by atoms with E-state index in [0.29, 0.717) is 0 Å². The van der Waals surface area contributed by atoms with Gasteiger partial charge in [0.25, 0.3) is 0 Å². The first kappa shape index (κ1) is 20.3. The van der Waals surface area contributed by atoms with Gasteiger partial charge in [0.15, 0.2) is 0 Å². The summed E-state index contributed by atoms with van der Waals surface area (Å²) in [5.74, 6) is 0.244. The molecule has 0 fully saturated rings. The molecular formula is C27H33N3. The minimum atomic E-state index is 0.244. The Morgan fingerprint density at radius 2 is 1.10 bits per heavy atom. The van der Waals surface area contributed by atoms with E-state index in [2.05, 4.69) is 110 Å². The van der Waals surface area contributed by atoms with Gasteiger partial charge in [0.2, 0.25) is 0 Å². The van der Waals surface area contributed by atoms with Crippen LogP contribution in [0.15, 0.2) is 66.7 Å². The molecule has 0 saturated heterocycles. The molecule has 0 unspecified atom stereocenters. The first-order valence-corrected chi connectivity index (χ1v) is 11.3. The summed E-state index contributed by atoms with van der Waals surface area (Å²) in [4.78, 5) is 4.81. The molecule has 0 aromatic heterocycles. The maximum absolute atomic E-state index is 3.77. The normalized spacial score (nSPS) is 12.7. The third-order valence-electron chi connectivity index (χ3n) is 6.36. The van der Waals surface area contributed by atoms with Crippen LogP contribution in [0.5, 0.6) is 0 Å². The first-order chi connectivity index (χ1) is 14.7. The molecule has 3 heteroatoms. The fourth-order valence-corrected chi connectivity index (χ4v) is 4.70. The third kappa shape index (κ3) is 3.65. The zero-order chi connectivity index (χ0) is 21.1. The number of benzene rings is 3. The Morgan fingerprint density at radius 1 is 0.633 bits per heavy atom. The zero-order valence-electron chi connectivity index (χ0n) is 18.7. The number of anilines is 4. The number of hydrogen-bond donors (Lipinski definition) is 1. The Kier molecular flexibility index (Phi) is 5.98. The number of fused-ring (bicyclic) bond motifs is 2. The van der Waals surface area contributed by atoms with Gasteiger partial charge in [-0.05, 0) is 68.7 Å². The summed E-state index contributed by atoms with van der Waals surface area (Å²) in [6, 6.07) is 24.7. The number of hydrogen-bond acceptors (Lipinski definition) is 3. The lowest BCUT2D eigenvalue weighted by atomic mass is 9.81. The van der Waals surface area contributed by atoms with Crippen molar-refractivity contribution >= 4 is 22.7 Å². The number of nitrogens with one attached hydrogen (secondary N) is 1. The van der Waals surface area contributed by atoms with E-state index in [1.807, 2.05) is 0 Å². The highest BCUT2D eigenvalue weighted by Crippen LogP contribution is 2.46. The molecule has 0 atom stereocenters. The smallest absolute Gasteiger partial charge is 0.0447 e. The summed E-state index contributed by atoms with van der Waals surface area (Å²) >= 11 is 0. The van der Waals surface area contributed by atoms with E-state index in [9.17, 15) is 0 Å². The monoisotopic (exact) mass is 399 g/mol. The van der Waals surface area contributed by atoms with Gasteiger partial charge in [-0.15, -0.1) is 0 Å². The molecule has 0 saturated carbocycles. The van der Waals surface area contributed by atoms with Crippen molar-refractivity contribution in [3.05, 3.63) is 83.4 Å². The topological polar surface area (TPSA) is 18.5 Å². The summed E-state index contributed by atoms with van der Waals surface area (Å²) < 4.78 is 0. The first-order valence-electron chi connectivity index (χ1n) is 11.3. The second kappa shape index (κ2) is 8.83. The minimum absolute atomic E-state index is 0.244. The third-order valence-corrected chi connectivity index (χ3v) is 6.36. The maximum atomic E-state index is 3.77.